The standard InChI is InChI=1S/C24H24F4N6O4/c1-12-8-13(10-29)11-30-17(12)19(35)32-16-7-6-14(25)18(31-16)23(5)9-15(24(26,27)28)37-20(34-23)33-21(36)38-22(2,3)4/h6-8,11,15H,9H2,1-5H3,(H,31,32,35)(H,33,34,36)/t15-,23-/m0/s1. The SMILES string of the molecule is Cc1cc(C#N)cnc1C(=O)Nc1ccc(F)c([C@]2(C)C[C@@H](C(F)(F)F)OC(NC(=O)OC(C)(C)C)=N2)n1. The Kier molecular flexibility index (Phi) is 7.62. The third kappa shape index (κ3) is 6.72. The normalized spacial score (nSPS) is 19.5. The number of carbonyl (C=O) groups is 2. The number of rotatable bonds is 3. The van der Waals surface area contributed by atoms with E-state index in [1.54, 1.807) is 27.7 Å². The maximum atomic E-state index is 14.9. The number of hydrogen-bond donors (Lipinski definition) is 2. The van der Waals surface area contributed by atoms with Crippen molar-refractivity contribution >= 4 is 23.8 Å². The van der Waals surface area contributed by atoms with Gasteiger partial charge in [-0.15, -0.1) is 0 Å². The number of halogens is 4. The molecule has 2 aromatic heterocycles. The third-order valence-electron chi connectivity index (χ3n) is 5.18. The number of amidine groups is 1. The highest BCUT2D eigenvalue weighted by atomic mass is 19.4. The maximum Gasteiger partial charge on any atom is 0.425 e. The van der Waals surface area contributed by atoms with Crippen molar-refractivity contribution in [1.82, 2.24) is 15.3 Å². The highest BCUT2D eigenvalue weighted by molar-refractivity contribution is 6.03. The van der Waals surface area contributed by atoms with Crippen LogP contribution in [0.15, 0.2) is 29.4 Å². The summed E-state index contributed by atoms with van der Waals surface area (Å²) in [5.74, 6) is -1.93. The van der Waals surface area contributed by atoms with E-state index >= 15 is 0 Å². The highest BCUT2D eigenvalue weighted by Crippen LogP contribution is 2.40. The summed E-state index contributed by atoms with van der Waals surface area (Å²) in [4.78, 5) is 36.8. The van der Waals surface area contributed by atoms with Crippen LogP contribution < -0.4 is 10.6 Å². The van der Waals surface area contributed by atoms with Gasteiger partial charge in [-0.2, -0.15) is 18.4 Å². The first-order valence-corrected chi connectivity index (χ1v) is 11.2. The predicted octanol–water partition coefficient (Wildman–Crippen LogP) is 4.50. The van der Waals surface area contributed by atoms with Gasteiger partial charge in [0, 0.05) is 12.6 Å². The Labute approximate surface area is 215 Å². The third-order valence-corrected chi connectivity index (χ3v) is 5.18. The number of nitrogens with zero attached hydrogens (tertiary/aromatic N) is 4. The summed E-state index contributed by atoms with van der Waals surface area (Å²) in [6, 6.07) is 4.53. The summed E-state index contributed by atoms with van der Waals surface area (Å²) in [5.41, 5.74) is -2.86. The van der Waals surface area contributed by atoms with Crippen molar-refractivity contribution in [2.24, 2.45) is 4.99 Å². The molecule has 3 heterocycles. The average Bonchev–Trinajstić information content (AvgIpc) is 2.77. The van der Waals surface area contributed by atoms with E-state index in [4.69, 9.17) is 14.7 Å². The van der Waals surface area contributed by atoms with Crippen LogP contribution >= 0.6 is 0 Å². The Balaban J connectivity index is 1.96. The molecule has 0 aliphatic carbocycles. The molecule has 0 radical (unpaired) electrons. The van der Waals surface area contributed by atoms with E-state index in [2.05, 4.69) is 20.3 Å². The fraction of sp³-hybridized carbons (Fsp3) is 0.417. The summed E-state index contributed by atoms with van der Waals surface area (Å²) in [6.07, 6.45) is -8.15. The van der Waals surface area contributed by atoms with Crippen LogP contribution in [0.4, 0.5) is 28.2 Å². The monoisotopic (exact) mass is 536 g/mol. The molecule has 14 heteroatoms. The number of anilines is 1. The Hall–Kier alpha value is -4.28. The van der Waals surface area contributed by atoms with E-state index in [1.165, 1.54) is 19.2 Å². The van der Waals surface area contributed by atoms with Gasteiger partial charge in [-0.25, -0.2) is 29.5 Å². The molecule has 38 heavy (non-hydrogen) atoms. The van der Waals surface area contributed by atoms with Crippen molar-refractivity contribution in [3.63, 3.8) is 0 Å². The molecular formula is C24H24F4N6O4. The summed E-state index contributed by atoms with van der Waals surface area (Å²) in [7, 11) is 0. The van der Waals surface area contributed by atoms with Crippen molar-refractivity contribution in [1.29, 1.82) is 5.26 Å². The number of nitriles is 1. The number of pyridine rings is 2. The lowest BCUT2D eigenvalue weighted by molar-refractivity contribution is -0.208. The van der Waals surface area contributed by atoms with Crippen molar-refractivity contribution in [3.8, 4) is 6.07 Å². The van der Waals surface area contributed by atoms with E-state index in [-0.39, 0.29) is 17.1 Å². The molecular weight excluding hydrogens is 512 g/mol. The highest BCUT2D eigenvalue weighted by Gasteiger charge is 2.51. The average molecular weight is 536 g/mol. The van der Waals surface area contributed by atoms with Crippen molar-refractivity contribution < 1.29 is 36.6 Å². The zero-order valence-electron chi connectivity index (χ0n) is 21.0. The van der Waals surface area contributed by atoms with Crippen LogP contribution in [0, 0.1) is 24.1 Å². The van der Waals surface area contributed by atoms with Crippen LogP contribution in [0.1, 0.15) is 61.4 Å². The molecule has 0 bridgehead atoms. The molecule has 0 saturated heterocycles. The topological polar surface area (TPSA) is 139 Å². The largest absolute Gasteiger partial charge is 0.452 e. The van der Waals surface area contributed by atoms with Crippen LogP contribution in [0.3, 0.4) is 0 Å². The van der Waals surface area contributed by atoms with Gasteiger partial charge in [0.25, 0.3) is 11.9 Å². The van der Waals surface area contributed by atoms with Crippen LogP contribution in [-0.2, 0) is 15.0 Å². The first-order valence-electron chi connectivity index (χ1n) is 11.2. The number of alkyl halides is 3. The fourth-order valence-electron chi connectivity index (χ4n) is 3.55. The number of aliphatic imine (C=N–C) groups is 1. The Morgan fingerprint density at radius 2 is 1.92 bits per heavy atom. The van der Waals surface area contributed by atoms with Gasteiger partial charge in [-0.1, -0.05) is 0 Å². The minimum absolute atomic E-state index is 0.0343. The van der Waals surface area contributed by atoms with E-state index in [0.717, 1.165) is 12.1 Å². The molecule has 2 atom stereocenters. The Morgan fingerprint density at radius 1 is 1.24 bits per heavy atom. The number of aryl methyl sites for hydroxylation is 1. The fourth-order valence-corrected chi connectivity index (χ4v) is 3.55. The van der Waals surface area contributed by atoms with Gasteiger partial charge in [-0.05, 0) is 58.4 Å². The van der Waals surface area contributed by atoms with Gasteiger partial charge in [0.15, 0.2) is 6.10 Å². The summed E-state index contributed by atoms with van der Waals surface area (Å²) < 4.78 is 65.9. The lowest BCUT2D eigenvalue weighted by Crippen LogP contribution is -2.49. The Morgan fingerprint density at radius 3 is 2.50 bits per heavy atom. The summed E-state index contributed by atoms with van der Waals surface area (Å²) in [6.45, 7) is 7.39. The molecule has 0 fully saturated rings. The van der Waals surface area contributed by atoms with Crippen LogP contribution in [0.5, 0.6) is 0 Å². The zero-order chi connectivity index (χ0) is 28.5. The van der Waals surface area contributed by atoms with Crippen LogP contribution in [0.2, 0.25) is 0 Å². The second-order valence-electron chi connectivity index (χ2n) is 9.65. The molecule has 0 spiro atoms. The number of carbonyl (C=O) groups excluding carboxylic acids is 2. The molecule has 0 aromatic carbocycles. The summed E-state index contributed by atoms with van der Waals surface area (Å²) >= 11 is 0. The summed E-state index contributed by atoms with van der Waals surface area (Å²) in [5, 5.41) is 13.4. The molecule has 0 unspecified atom stereocenters. The minimum atomic E-state index is -4.89. The van der Waals surface area contributed by atoms with E-state index < -0.39 is 59.4 Å². The van der Waals surface area contributed by atoms with Gasteiger partial charge in [0.2, 0.25) is 0 Å². The van der Waals surface area contributed by atoms with Crippen LogP contribution in [-0.4, -0.2) is 45.9 Å². The van der Waals surface area contributed by atoms with Gasteiger partial charge in [0.1, 0.15) is 40.2 Å². The van der Waals surface area contributed by atoms with Crippen molar-refractivity contribution in [2.45, 2.75) is 64.5 Å². The number of nitrogens with one attached hydrogen (secondary N) is 2. The molecule has 10 nitrogen and oxygen atoms in total. The van der Waals surface area contributed by atoms with Gasteiger partial charge >= 0.3 is 12.3 Å². The molecule has 1 aliphatic rings. The van der Waals surface area contributed by atoms with E-state index in [1.807, 2.05) is 11.4 Å². The molecule has 2 aromatic rings. The zero-order valence-corrected chi connectivity index (χ0v) is 21.0. The number of alkyl carbamates (subject to hydrolysis) is 1. The van der Waals surface area contributed by atoms with Gasteiger partial charge in [-0.3, -0.25) is 4.79 Å². The molecule has 0 saturated carbocycles. The molecule has 3 rings (SSSR count). The van der Waals surface area contributed by atoms with Crippen LogP contribution in [0.25, 0.3) is 0 Å². The number of hydrogen-bond acceptors (Lipinski definition) is 8. The minimum Gasteiger partial charge on any atom is -0.452 e. The first kappa shape index (κ1) is 28.3. The first-order chi connectivity index (χ1) is 17.5. The Bertz CT molecular complexity index is 1330. The van der Waals surface area contributed by atoms with Crippen molar-refractivity contribution in [2.75, 3.05) is 5.32 Å². The number of ether oxygens (including phenoxy) is 2. The smallest absolute Gasteiger partial charge is 0.425 e. The van der Waals surface area contributed by atoms with E-state index in [9.17, 15) is 27.2 Å². The number of amides is 2. The lowest BCUT2D eigenvalue weighted by atomic mass is 9.89. The molecule has 1 aliphatic heterocycles. The van der Waals surface area contributed by atoms with E-state index in [0.29, 0.717) is 5.56 Å². The second kappa shape index (κ2) is 10.2. The second-order valence-corrected chi connectivity index (χ2v) is 9.65. The van der Waals surface area contributed by atoms with Gasteiger partial charge < -0.3 is 14.8 Å². The lowest BCUT2D eigenvalue weighted by Gasteiger charge is -2.36. The maximum absolute atomic E-state index is 14.9. The number of aromatic nitrogens is 2. The van der Waals surface area contributed by atoms with Crippen molar-refractivity contribution in [3.05, 3.63) is 52.7 Å². The quantitative estimate of drug-likeness (QED) is 0.551. The molecule has 2 amide bonds. The molecule has 202 valence electrons. The predicted molar refractivity (Wildman–Crippen MR) is 126 cm³/mol. The molecule has 2 N–H and O–H groups in total. The van der Waals surface area contributed by atoms with Gasteiger partial charge in [0.05, 0.1) is 5.56 Å².